The van der Waals surface area contributed by atoms with Crippen molar-refractivity contribution in [1.82, 2.24) is 0 Å². The number of benzene rings is 2. The number of rotatable bonds is 4. The molecule has 2 heteroatoms. The monoisotopic (exact) mass is 268 g/mol. The molecule has 0 bridgehead atoms. The molecule has 0 fully saturated rings. The van der Waals surface area contributed by atoms with E-state index in [4.69, 9.17) is 4.74 Å². The van der Waals surface area contributed by atoms with Crippen molar-refractivity contribution in [3.05, 3.63) is 64.2 Å². The molecule has 0 unspecified atom stereocenters. The van der Waals surface area contributed by atoms with Crippen LogP contribution in [0.1, 0.15) is 39.5 Å². The van der Waals surface area contributed by atoms with Gasteiger partial charge in [0.05, 0.1) is 12.2 Å². The van der Waals surface area contributed by atoms with E-state index in [0.29, 0.717) is 23.5 Å². The maximum absolute atomic E-state index is 12.7. The van der Waals surface area contributed by atoms with E-state index >= 15 is 0 Å². The number of carbonyl (C=O) groups excluding carboxylic acids is 1. The number of hydrogen-bond donors (Lipinski definition) is 0. The summed E-state index contributed by atoms with van der Waals surface area (Å²) in [4.78, 5) is 12.7. The summed E-state index contributed by atoms with van der Waals surface area (Å²) in [5, 5.41) is 0. The van der Waals surface area contributed by atoms with Crippen molar-refractivity contribution in [2.75, 3.05) is 6.61 Å². The second kappa shape index (κ2) is 5.91. The minimum atomic E-state index is 0.0141. The lowest BCUT2D eigenvalue weighted by Gasteiger charge is -2.11. The van der Waals surface area contributed by atoms with Gasteiger partial charge in [0.25, 0.3) is 0 Å². The van der Waals surface area contributed by atoms with Gasteiger partial charge in [-0.15, -0.1) is 0 Å². The molecule has 2 rings (SSSR count). The lowest BCUT2D eigenvalue weighted by Crippen LogP contribution is -2.06. The largest absolute Gasteiger partial charge is 0.493 e. The van der Waals surface area contributed by atoms with Crippen molar-refractivity contribution in [3.8, 4) is 5.75 Å². The highest BCUT2D eigenvalue weighted by atomic mass is 16.5. The third-order valence-corrected chi connectivity index (χ3v) is 3.45. The second-order valence-electron chi connectivity index (χ2n) is 5.06. The molecular weight excluding hydrogens is 248 g/mol. The summed E-state index contributed by atoms with van der Waals surface area (Å²) in [7, 11) is 0. The predicted molar refractivity (Wildman–Crippen MR) is 81.7 cm³/mol. The summed E-state index contributed by atoms with van der Waals surface area (Å²) in [5.74, 6) is 0.668. The van der Waals surface area contributed by atoms with Crippen LogP contribution in [0.4, 0.5) is 0 Å². The Morgan fingerprint density at radius 3 is 2.40 bits per heavy atom. The number of aryl methyl sites for hydroxylation is 3. The summed E-state index contributed by atoms with van der Waals surface area (Å²) in [6.07, 6.45) is 0. The molecular formula is C18H20O2. The Balaban J connectivity index is 2.46. The molecule has 0 heterocycles. The minimum absolute atomic E-state index is 0.0141. The summed E-state index contributed by atoms with van der Waals surface area (Å²) < 4.78 is 5.57. The van der Waals surface area contributed by atoms with Crippen molar-refractivity contribution in [1.29, 1.82) is 0 Å². The molecule has 20 heavy (non-hydrogen) atoms. The Morgan fingerprint density at radius 2 is 1.75 bits per heavy atom. The normalized spacial score (nSPS) is 10.4. The van der Waals surface area contributed by atoms with Gasteiger partial charge in [0.1, 0.15) is 5.75 Å². The molecule has 0 saturated heterocycles. The van der Waals surface area contributed by atoms with E-state index in [9.17, 15) is 4.79 Å². The van der Waals surface area contributed by atoms with Crippen LogP contribution in [0.3, 0.4) is 0 Å². The average Bonchev–Trinajstić information content (AvgIpc) is 2.43. The van der Waals surface area contributed by atoms with Gasteiger partial charge in [-0.25, -0.2) is 0 Å². The van der Waals surface area contributed by atoms with Crippen molar-refractivity contribution < 1.29 is 9.53 Å². The van der Waals surface area contributed by atoms with Gasteiger partial charge in [0.2, 0.25) is 0 Å². The quantitative estimate of drug-likeness (QED) is 0.775. The fraction of sp³-hybridized carbons (Fsp3) is 0.278. The van der Waals surface area contributed by atoms with Crippen molar-refractivity contribution in [2.45, 2.75) is 27.7 Å². The standard InChI is InChI=1S/C18H20O2/c1-5-20-17-9-6-12(2)10-16(17)18(19)15-8-7-13(3)14(4)11-15/h6-11H,5H2,1-4H3. The molecule has 0 saturated carbocycles. The van der Waals surface area contributed by atoms with E-state index in [1.54, 1.807) is 0 Å². The zero-order chi connectivity index (χ0) is 14.7. The van der Waals surface area contributed by atoms with E-state index in [-0.39, 0.29) is 5.78 Å². The van der Waals surface area contributed by atoms with Crippen LogP contribution in [0, 0.1) is 20.8 Å². The van der Waals surface area contributed by atoms with Gasteiger partial charge in [-0.05, 0) is 57.0 Å². The summed E-state index contributed by atoms with van der Waals surface area (Å²) in [6.45, 7) is 8.51. The van der Waals surface area contributed by atoms with E-state index in [0.717, 1.165) is 11.1 Å². The van der Waals surface area contributed by atoms with E-state index in [2.05, 4.69) is 0 Å². The molecule has 0 atom stereocenters. The predicted octanol–water partition coefficient (Wildman–Crippen LogP) is 4.24. The van der Waals surface area contributed by atoms with E-state index < -0.39 is 0 Å². The van der Waals surface area contributed by atoms with E-state index in [1.165, 1.54) is 5.56 Å². The van der Waals surface area contributed by atoms with Crippen LogP contribution in [-0.2, 0) is 0 Å². The van der Waals surface area contributed by atoms with Crippen LogP contribution in [0.25, 0.3) is 0 Å². The first-order chi connectivity index (χ1) is 9.52. The second-order valence-corrected chi connectivity index (χ2v) is 5.06. The van der Waals surface area contributed by atoms with Crippen LogP contribution >= 0.6 is 0 Å². The third-order valence-electron chi connectivity index (χ3n) is 3.45. The highest BCUT2D eigenvalue weighted by molar-refractivity contribution is 6.11. The van der Waals surface area contributed by atoms with Gasteiger partial charge >= 0.3 is 0 Å². The fourth-order valence-corrected chi connectivity index (χ4v) is 2.14. The van der Waals surface area contributed by atoms with Crippen molar-refractivity contribution in [3.63, 3.8) is 0 Å². The van der Waals surface area contributed by atoms with Gasteiger partial charge in [-0.1, -0.05) is 23.8 Å². The van der Waals surface area contributed by atoms with Gasteiger partial charge in [-0.2, -0.15) is 0 Å². The average molecular weight is 268 g/mol. The Morgan fingerprint density at radius 1 is 1.00 bits per heavy atom. The Hall–Kier alpha value is -2.09. The number of ether oxygens (including phenoxy) is 1. The van der Waals surface area contributed by atoms with Gasteiger partial charge in [0.15, 0.2) is 5.78 Å². The molecule has 2 aromatic carbocycles. The lowest BCUT2D eigenvalue weighted by molar-refractivity contribution is 0.103. The number of carbonyl (C=O) groups is 1. The third kappa shape index (κ3) is 2.90. The molecule has 0 aliphatic heterocycles. The first-order valence-corrected chi connectivity index (χ1v) is 6.88. The summed E-state index contributed by atoms with van der Waals surface area (Å²) >= 11 is 0. The molecule has 0 amide bonds. The van der Waals surface area contributed by atoms with Crippen molar-refractivity contribution >= 4 is 5.78 Å². The summed E-state index contributed by atoms with van der Waals surface area (Å²) in [6, 6.07) is 11.5. The number of ketones is 1. The fourth-order valence-electron chi connectivity index (χ4n) is 2.14. The van der Waals surface area contributed by atoms with Crippen LogP contribution in [0.15, 0.2) is 36.4 Å². The first kappa shape index (κ1) is 14.3. The molecule has 0 aliphatic rings. The molecule has 104 valence electrons. The Labute approximate surface area is 120 Å². The lowest BCUT2D eigenvalue weighted by atomic mass is 9.97. The molecule has 0 N–H and O–H groups in total. The molecule has 0 aromatic heterocycles. The van der Waals surface area contributed by atoms with Gasteiger partial charge in [-0.3, -0.25) is 4.79 Å². The number of hydrogen-bond acceptors (Lipinski definition) is 2. The van der Waals surface area contributed by atoms with Crippen LogP contribution in [0.2, 0.25) is 0 Å². The summed E-state index contributed by atoms with van der Waals surface area (Å²) in [5.41, 5.74) is 4.72. The van der Waals surface area contributed by atoms with Crippen LogP contribution in [-0.4, -0.2) is 12.4 Å². The Kier molecular flexibility index (Phi) is 4.23. The molecule has 0 aliphatic carbocycles. The SMILES string of the molecule is CCOc1ccc(C)cc1C(=O)c1ccc(C)c(C)c1. The molecule has 2 nitrogen and oxygen atoms in total. The topological polar surface area (TPSA) is 26.3 Å². The van der Waals surface area contributed by atoms with Gasteiger partial charge in [0, 0.05) is 5.56 Å². The molecule has 0 spiro atoms. The maximum Gasteiger partial charge on any atom is 0.196 e. The maximum atomic E-state index is 12.7. The first-order valence-electron chi connectivity index (χ1n) is 6.88. The smallest absolute Gasteiger partial charge is 0.196 e. The van der Waals surface area contributed by atoms with E-state index in [1.807, 2.05) is 64.1 Å². The highest BCUT2D eigenvalue weighted by Gasteiger charge is 2.15. The zero-order valence-corrected chi connectivity index (χ0v) is 12.5. The van der Waals surface area contributed by atoms with Crippen LogP contribution < -0.4 is 4.74 Å². The van der Waals surface area contributed by atoms with Crippen molar-refractivity contribution in [2.24, 2.45) is 0 Å². The minimum Gasteiger partial charge on any atom is -0.493 e. The molecule has 0 radical (unpaired) electrons. The molecule has 2 aromatic rings. The van der Waals surface area contributed by atoms with Crippen LogP contribution in [0.5, 0.6) is 5.75 Å². The highest BCUT2D eigenvalue weighted by Crippen LogP contribution is 2.24. The Bertz CT molecular complexity index is 642. The van der Waals surface area contributed by atoms with Gasteiger partial charge < -0.3 is 4.74 Å². The zero-order valence-electron chi connectivity index (χ0n) is 12.5.